The van der Waals surface area contributed by atoms with Gasteiger partial charge in [-0.3, -0.25) is 4.79 Å². The first-order valence-electron chi connectivity index (χ1n) is 5.28. The Kier molecular flexibility index (Phi) is 8.24. The van der Waals surface area contributed by atoms with Gasteiger partial charge in [-0.1, -0.05) is 12.5 Å². The highest BCUT2D eigenvalue weighted by molar-refractivity contribution is 5.75. The Morgan fingerprint density at radius 2 is 1.86 bits per heavy atom. The van der Waals surface area contributed by atoms with Crippen LogP contribution in [0.1, 0.15) is 33.1 Å². The lowest BCUT2D eigenvalue weighted by Gasteiger charge is -2.05. The molecule has 0 aliphatic heterocycles. The average molecular weight is 198 g/mol. The van der Waals surface area contributed by atoms with Crippen LogP contribution >= 0.6 is 0 Å². The van der Waals surface area contributed by atoms with Crippen molar-refractivity contribution in [3.05, 3.63) is 12.2 Å². The molecule has 0 atom stereocenters. The number of amides is 1. The third kappa shape index (κ3) is 9.26. The Morgan fingerprint density at radius 3 is 2.43 bits per heavy atom. The predicted molar refractivity (Wildman–Crippen MR) is 60.2 cm³/mol. The quantitative estimate of drug-likeness (QED) is 0.458. The molecule has 1 amide bonds. The van der Waals surface area contributed by atoms with Crippen LogP contribution in [-0.2, 0) is 4.79 Å². The van der Waals surface area contributed by atoms with E-state index in [0.717, 1.165) is 32.5 Å². The molecule has 3 heteroatoms. The summed E-state index contributed by atoms with van der Waals surface area (Å²) < 4.78 is 0. The molecule has 0 aliphatic rings. The van der Waals surface area contributed by atoms with Crippen molar-refractivity contribution in [1.29, 1.82) is 0 Å². The molecule has 0 heterocycles. The number of rotatable bonds is 8. The summed E-state index contributed by atoms with van der Waals surface area (Å²) in [5.74, 6) is 0.134. The first kappa shape index (κ1) is 13.2. The Balaban J connectivity index is 3.19. The van der Waals surface area contributed by atoms with Gasteiger partial charge in [0.15, 0.2) is 0 Å². The van der Waals surface area contributed by atoms with Crippen LogP contribution in [-0.4, -0.2) is 25.5 Å². The van der Waals surface area contributed by atoms with E-state index in [0.29, 0.717) is 6.42 Å². The minimum absolute atomic E-state index is 0.134. The second kappa shape index (κ2) is 8.75. The molecule has 82 valence electrons. The summed E-state index contributed by atoms with van der Waals surface area (Å²) in [6.07, 6.45) is 2.54. The monoisotopic (exact) mass is 198 g/mol. The summed E-state index contributed by atoms with van der Waals surface area (Å²) >= 11 is 0. The van der Waals surface area contributed by atoms with E-state index in [1.165, 1.54) is 5.57 Å². The largest absolute Gasteiger partial charge is 0.356 e. The smallest absolute Gasteiger partial charge is 0.221 e. The van der Waals surface area contributed by atoms with E-state index in [9.17, 15) is 4.79 Å². The maximum Gasteiger partial charge on any atom is 0.221 e. The topological polar surface area (TPSA) is 41.1 Å². The van der Waals surface area contributed by atoms with Gasteiger partial charge in [-0.2, -0.15) is 0 Å². The second-order valence-electron chi connectivity index (χ2n) is 3.56. The summed E-state index contributed by atoms with van der Waals surface area (Å²) in [7, 11) is 0. The molecule has 0 saturated heterocycles. The fourth-order valence-electron chi connectivity index (χ4n) is 0.982. The van der Waals surface area contributed by atoms with Crippen LogP contribution in [0.25, 0.3) is 0 Å². The zero-order valence-electron chi connectivity index (χ0n) is 9.36. The van der Waals surface area contributed by atoms with Gasteiger partial charge < -0.3 is 10.6 Å². The summed E-state index contributed by atoms with van der Waals surface area (Å²) in [5, 5.41) is 6.04. The summed E-state index contributed by atoms with van der Waals surface area (Å²) in [6, 6.07) is 0. The number of hydrogen-bond acceptors (Lipinski definition) is 2. The zero-order chi connectivity index (χ0) is 10.8. The van der Waals surface area contributed by atoms with Crippen LogP contribution in [0, 0.1) is 0 Å². The lowest BCUT2D eigenvalue weighted by atomic mass is 10.2. The van der Waals surface area contributed by atoms with Gasteiger partial charge >= 0.3 is 0 Å². The minimum atomic E-state index is 0.134. The van der Waals surface area contributed by atoms with E-state index >= 15 is 0 Å². The Bertz CT molecular complexity index is 178. The fraction of sp³-hybridized carbons (Fsp3) is 0.727. The van der Waals surface area contributed by atoms with E-state index in [1.54, 1.807) is 0 Å². The molecule has 0 rings (SSSR count). The van der Waals surface area contributed by atoms with Gasteiger partial charge in [-0.25, -0.2) is 0 Å². The van der Waals surface area contributed by atoms with E-state index in [4.69, 9.17) is 0 Å². The van der Waals surface area contributed by atoms with Crippen molar-refractivity contribution in [3.8, 4) is 0 Å². The van der Waals surface area contributed by atoms with Gasteiger partial charge in [0, 0.05) is 19.5 Å². The minimum Gasteiger partial charge on any atom is -0.356 e. The molecule has 0 aliphatic carbocycles. The molecule has 0 radical (unpaired) electrons. The number of hydrogen-bond donors (Lipinski definition) is 2. The lowest BCUT2D eigenvalue weighted by molar-refractivity contribution is -0.120. The van der Waals surface area contributed by atoms with Crippen LogP contribution in [0.5, 0.6) is 0 Å². The molecule has 0 aromatic carbocycles. The normalized spacial score (nSPS) is 9.86. The SMILES string of the molecule is C=C(C)CCNCCC(=O)NCCC. The van der Waals surface area contributed by atoms with Crippen molar-refractivity contribution in [3.63, 3.8) is 0 Å². The molecular weight excluding hydrogens is 176 g/mol. The van der Waals surface area contributed by atoms with Gasteiger partial charge in [0.05, 0.1) is 0 Å². The molecule has 2 N–H and O–H groups in total. The van der Waals surface area contributed by atoms with E-state index in [1.807, 2.05) is 13.8 Å². The number of carbonyl (C=O) groups excluding carboxylic acids is 1. The molecule has 0 aromatic heterocycles. The van der Waals surface area contributed by atoms with Crippen molar-refractivity contribution in [2.24, 2.45) is 0 Å². The highest BCUT2D eigenvalue weighted by Gasteiger charge is 1.98. The predicted octanol–water partition coefficient (Wildman–Crippen LogP) is 1.46. The van der Waals surface area contributed by atoms with Crippen LogP contribution in [0.2, 0.25) is 0 Å². The van der Waals surface area contributed by atoms with Gasteiger partial charge in [0.25, 0.3) is 0 Å². The molecule has 0 bridgehead atoms. The first-order valence-corrected chi connectivity index (χ1v) is 5.28. The van der Waals surface area contributed by atoms with Gasteiger partial charge in [-0.05, 0) is 26.3 Å². The molecule has 14 heavy (non-hydrogen) atoms. The van der Waals surface area contributed by atoms with Crippen molar-refractivity contribution in [2.45, 2.75) is 33.1 Å². The zero-order valence-corrected chi connectivity index (χ0v) is 9.36. The molecule has 0 unspecified atom stereocenters. The third-order valence-corrected chi connectivity index (χ3v) is 1.83. The van der Waals surface area contributed by atoms with Crippen LogP contribution in [0.15, 0.2) is 12.2 Å². The van der Waals surface area contributed by atoms with Gasteiger partial charge in [-0.15, -0.1) is 6.58 Å². The molecule has 3 nitrogen and oxygen atoms in total. The Morgan fingerprint density at radius 1 is 1.21 bits per heavy atom. The molecule has 0 saturated carbocycles. The standard InChI is InChI=1S/C11H22N2O/c1-4-7-13-11(14)6-9-12-8-5-10(2)3/h12H,2,4-9H2,1,3H3,(H,13,14). The second-order valence-corrected chi connectivity index (χ2v) is 3.56. The highest BCUT2D eigenvalue weighted by atomic mass is 16.1. The van der Waals surface area contributed by atoms with E-state index in [-0.39, 0.29) is 5.91 Å². The lowest BCUT2D eigenvalue weighted by Crippen LogP contribution is -2.28. The van der Waals surface area contributed by atoms with Crippen LogP contribution in [0.4, 0.5) is 0 Å². The molecule has 0 fully saturated rings. The Hall–Kier alpha value is -0.830. The molecular formula is C11H22N2O. The maximum atomic E-state index is 11.1. The third-order valence-electron chi connectivity index (χ3n) is 1.83. The maximum absolute atomic E-state index is 11.1. The fourth-order valence-corrected chi connectivity index (χ4v) is 0.982. The number of carbonyl (C=O) groups is 1. The molecule has 0 aromatic rings. The first-order chi connectivity index (χ1) is 6.66. The van der Waals surface area contributed by atoms with Crippen molar-refractivity contribution < 1.29 is 4.79 Å². The average Bonchev–Trinajstić information content (AvgIpc) is 2.13. The summed E-state index contributed by atoms with van der Waals surface area (Å²) in [5.41, 5.74) is 1.17. The summed E-state index contributed by atoms with van der Waals surface area (Å²) in [4.78, 5) is 11.1. The van der Waals surface area contributed by atoms with Crippen LogP contribution in [0.3, 0.4) is 0 Å². The van der Waals surface area contributed by atoms with Gasteiger partial charge in [0.2, 0.25) is 5.91 Å². The van der Waals surface area contributed by atoms with Crippen molar-refractivity contribution in [1.82, 2.24) is 10.6 Å². The van der Waals surface area contributed by atoms with Crippen LogP contribution < -0.4 is 10.6 Å². The number of nitrogens with one attached hydrogen (secondary N) is 2. The van der Waals surface area contributed by atoms with Crippen molar-refractivity contribution >= 4 is 5.91 Å². The van der Waals surface area contributed by atoms with E-state index < -0.39 is 0 Å². The molecule has 0 spiro atoms. The van der Waals surface area contributed by atoms with E-state index in [2.05, 4.69) is 17.2 Å². The van der Waals surface area contributed by atoms with Gasteiger partial charge in [0.1, 0.15) is 0 Å². The highest BCUT2D eigenvalue weighted by Crippen LogP contribution is 1.91. The Labute approximate surface area is 87.0 Å². The van der Waals surface area contributed by atoms with Crippen molar-refractivity contribution in [2.75, 3.05) is 19.6 Å². The summed E-state index contributed by atoms with van der Waals surface area (Å²) in [6.45, 7) is 10.3.